The van der Waals surface area contributed by atoms with Crippen molar-refractivity contribution in [3.8, 4) is 0 Å². The predicted octanol–water partition coefficient (Wildman–Crippen LogP) is 2.53. The molecule has 120 valence electrons. The number of pyridine rings is 1. The van der Waals surface area contributed by atoms with Gasteiger partial charge in [-0.1, -0.05) is 0 Å². The molecule has 0 aliphatic carbocycles. The van der Waals surface area contributed by atoms with Crippen molar-refractivity contribution in [2.75, 3.05) is 13.1 Å². The largest absolute Gasteiger partial charge is 0.348 e. The molecule has 5 heteroatoms. The second-order valence-corrected chi connectivity index (χ2v) is 6.00. The number of rotatable bonds is 4. The molecule has 0 radical (unpaired) electrons. The third kappa shape index (κ3) is 3.93. The average molecular weight is 313 g/mol. The molecule has 1 N–H and O–H groups in total. The van der Waals surface area contributed by atoms with Gasteiger partial charge in [0.25, 0.3) is 5.91 Å². The zero-order valence-electron chi connectivity index (χ0n) is 13.1. The van der Waals surface area contributed by atoms with Crippen LogP contribution in [0.2, 0.25) is 0 Å². The van der Waals surface area contributed by atoms with Crippen molar-refractivity contribution in [2.45, 2.75) is 25.9 Å². The summed E-state index contributed by atoms with van der Waals surface area (Å²) in [5.74, 6) is -0.477. The van der Waals surface area contributed by atoms with E-state index in [1.165, 1.54) is 35.4 Å². The highest BCUT2D eigenvalue weighted by Crippen LogP contribution is 2.16. The molecule has 2 aromatic rings. The van der Waals surface area contributed by atoms with Gasteiger partial charge >= 0.3 is 0 Å². The van der Waals surface area contributed by atoms with Crippen LogP contribution in [0.3, 0.4) is 0 Å². The van der Waals surface area contributed by atoms with Gasteiger partial charge < -0.3 is 5.32 Å². The van der Waals surface area contributed by atoms with E-state index in [1.807, 2.05) is 12.3 Å². The van der Waals surface area contributed by atoms with Crippen LogP contribution in [0.5, 0.6) is 0 Å². The molecule has 2 heterocycles. The second-order valence-electron chi connectivity index (χ2n) is 6.00. The van der Waals surface area contributed by atoms with E-state index in [2.05, 4.69) is 22.1 Å². The van der Waals surface area contributed by atoms with E-state index >= 15 is 0 Å². The van der Waals surface area contributed by atoms with Crippen molar-refractivity contribution in [3.05, 3.63) is 65.2 Å². The van der Waals surface area contributed by atoms with Crippen molar-refractivity contribution in [1.82, 2.24) is 15.2 Å². The van der Waals surface area contributed by atoms with Gasteiger partial charge in [0.05, 0.1) is 0 Å². The third-order valence-electron chi connectivity index (χ3n) is 4.26. The monoisotopic (exact) mass is 313 g/mol. The second kappa shape index (κ2) is 6.87. The van der Waals surface area contributed by atoms with E-state index in [0.717, 1.165) is 26.1 Å². The fourth-order valence-electron chi connectivity index (χ4n) is 2.87. The lowest BCUT2D eigenvalue weighted by Crippen LogP contribution is -2.37. The zero-order chi connectivity index (χ0) is 16.2. The molecule has 0 bridgehead atoms. The Morgan fingerprint density at radius 1 is 1.35 bits per heavy atom. The van der Waals surface area contributed by atoms with Gasteiger partial charge in [-0.3, -0.25) is 14.7 Å². The lowest BCUT2D eigenvalue weighted by Gasteiger charge is -2.17. The summed E-state index contributed by atoms with van der Waals surface area (Å²) in [7, 11) is 0. The van der Waals surface area contributed by atoms with Crippen LogP contribution >= 0.6 is 0 Å². The maximum atomic E-state index is 12.9. The number of aryl methyl sites for hydroxylation is 1. The molecule has 1 unspecified atom stereocenters. The van der Waals surface area contributed by atoms with Crippen LogP contribution in [0.15, 0.2) is 42.7 Å². The normalized spacial score (nSPS) is 18.1. The molecule has 1 aliphatic heterocycles. The number of hydrogen-bond donors (Lipinski definition) is 1. The molecule has 1 aromatic carbocycles. The maximum absolute atomic E-state index is 12.9. The summed E-state index contributed by atoms with van der Waals surface area (Å²) in [4.78, 5) is 18.7. The fraction of sp³-hybridized carbons (Fsp3) is 0.333. The van der Waals surface area contributed by atoms with Crippen LogP contribution in [0, 0.1) is 12.7 Å². The fourth-order valence-corrected chi connectivity index (χ4v) is 2.87. The van der Waals surface area contributed by atoms with E-state index in [4.69, 9.17) is 0 Å². The summed E-state index contributed by atoms with van der Waals surface area (Å²) < 4.78 is 12.9. The highest BCUT2D eigenvalue weighted by Gasteiger charge is 2.24. The Kier molecular flexibility index (Phi) is 4.67. The van der Waals surface area contributed by atoms with Crippen LogP contribution in [0.1, 0.15) is 27.9 Å². The highest BCUT2D eigenvalue weighted by atomic mass is 19.1. The maximum Gasteiger partial charge on any atom is 0.251 e. The summed E-state index contributed by atoms with van der Waals surface area (Å²) in [5.41, 5.74) is 2.95. The lowest BCUT2D eigenvalue weighted by molar-refractivity contribution is 0.0937. The minimum atomic E-state index is -0.333. The van der Waals surface area contributed by atoms with E-state index in [1.54, 1.807) is 6.20 Å². The van der Waals surface area contributed by atoms with Gasteiger partial charge in [-0.2, -0.15) is 0 Å². The molecule has 0 saturated carbocycles. The third-order valence-corrected chi connectivity index (χ3v) is 4.26. The number of hydrogen-bond acceptors (Lipinski definition) is 3. The first-order chi connectivity index (χ1) is 11.1. The van der Waals surface area contributed by atoms with Crippen molar-refractivity contribution in [3.63, 3.8) is 0 Å². The molecular weight excluding hydrogens is 293 g/mol. The SMILES string of the molecule is Cc1ccncc1CN1CCC(NC(=O)c2ccc(F)cc2)C1. The van der Waals surface area contributed by atoms with E-state index in [-0.39, 0.29) is 17.8 Å². The summed E-state index contributed by atoms with van der Waals surface area (Å²) >= 11 is 0. The van der Waals surface area contributed by atoms with E-state index < -0.39 is 0 Å². The minimum Gasteiger partial charge on any atom is -0.348 e. The van der Waals surface area contributed by atoms with Crippen molar-refractivity contribution >= 4 is 5.91 Å². The molecule has 1 atom stereocenters. The van der Waals surface area contributed by atoms with Gasteiger partial charge in [-0.05, 0) is 54.8 Å². The van der Waals surface area contributed by atoms with E-state index in [0.29, 0.717) is 5.56 Å². The van der Waals surface area contributed by atoms with Crippen molar-refractivity contribution < 1.29 is 9.18 Å². The van der Waals surface area contributed by atoms with Crippen LogP contribution in [-0.2, 0) is 6.54 Å². The summed E-state index contributed by atoms with van der Waals surface area (Å²) in [6.45, 7) is 4.70. The molecule has 1 amide bonds. The molecule has 0 spiro atoms. The number of halogens is 1. The van der Waals surface area contributed by atoms with Crippen LogP contribution < -0.4 is 5.32 Å². The van der Waals surface area contributed by atoms with Gasteiger partial charge in [0, 0.05) is 43.6 Å². The minimum absolute atomic E-state index is 0.129. The molecular formula is C18H20FN3O. The molecule has 1 saturated heterocycles. The molecule has 23 heavy (non-hydrogen) atoms. The van der Waals surface area contributed by atoms with Crippen molar-refractivity contribution in [1.29, 1.82) is 0 Å². The van der Waals surface area contributed by atoms with Crippen LogP contribution in [-0.4, -0.2) is 34.9 Å². The van der Waals surface area contributed by atoms with Gasteiger partial charge in [-0.15, -0.1) is 0 Å². The number of amides is 1. The van der Waals surface area contributed by atoms with Gasteiger partial charge in [0.2, 0.25) is 0 Å². The molecule has 1 aromatic heterocycles. The number of carbonyl (C=O) groups is 1. The van der Waals surface area contributed by atoms with Gasteiger partial charge in [0.1, 0.15) is 5.82 Å². The Morgan fingerprint density at radius 2 is 2.13 bits per heavy atom. The topological polar surface area (TPSA) is 45.2 Å². The number of nitrogens with zero attached hydrogens (tertiary/aromatic N) is 2. The summed E-state index contributed by atoms with van der Waals surface area (Å²) in [5, 5.41) is 3.03. The number of aromatic nitrogens is 1. The smallest absolute Gasteiger partial charge is 0.251 e. The molecule has 1 aliphatic rings. The van der Waals surface area contributed by atoms with Gasteiger partial charge in [0.15, 0.2) is 0 Å². The standard InChI is InChI=1S/C18H20FN3O/c1-13-6-8-20-10-15(13)11-22-9-7-17(12-22)21-18(23)14-2-4-16(19)5-3-14/h2-6,8,10,17H,7,9,11-12H2,1H3,(H,21,23). The Bertz CT molecular complexity index is 687. The summed E-state index contributed by atoms with van der Waals surface area (Å²) in [6.07, 6.45) is 4.63. The number of carbonyl (C=O) groups excluding carboxylic acids is 1. The number of nitrogens with one attached hydrogen (secondary N) is 1. The quantitative estimate of drug-likeness (QED) is 0.943. The molecule has 4 nitrogen and oxygen atoms in total. The van der Waals surface area contributed by atoms with Gasteiger partial charge in [-0.25, -0.2) is 4.39 Å². The van der Waals surface area contributed by atoms with Crippen LogP contribution in [0.25, 0.3) is 0 Å². The Balaban J connectivity index is 1.54. The Hall–Kier alpha value is -2.27. The number of likely N-dealkylation sites (tertiary alicyclic amines) is 1. The first-order valence-electron chi connectivity index (χ1n) is 7.80. The van der Waals surface area contributed by atoms with E-state index in [9.17, 15) is 9.18 Å². The van der Waals surface area contributed by atoms with Crippen LogP contribution in [0.4, 0.5) is 4.39 Å². The first kappa shape index (κ1) is 15.6. The molecule has 3 rings (SSSR count). The Morgan fingerprint density at radius 3 is 2.87 bits per heavy atom. The average Bonchev–Trinajstić information content (AvgIpc) is 2.97. The first-order valence-corrected chi connectivity index (χ1v) is 7.80. The summed E-state index contributed by atoms with van der Waals surface area (Å²) in [6, 6.07) is 7.78. The Labute approximate surface area is 135 Å². The van der Waals surface area contributed by atoms with Crippen molar-refractivity contribution in [2.24, 2.45) is 0 Å². The zero-order valence-corrected chi connectivity index (χ0v) is 13.1. The molecule has 1 fully saturated rings. The highest BCUT2D eigenvalue weighted by molar-refractivity contribution is 5.94. The predicted molar refractivity (Wildman–Crippen MR) is 86.5 cm³/mol. The number of benzene rings is 1. The lowest BCUT2D eigenvalue weighted by atomic mass is 10.1.